The molecule has 2 amide bonds. The van der Waals surface area contributed by atoms with Crippen LogP contribution in [0.4, 0.5) is 5.69 Å². The summed E-state index contributed by atoms with van der Waals surface area (Å²) < 4.78 is 0. The highest BCUT2D eigenvalue weighted by Crippen LogP contribution is 2.29. The largest absolute Gasteiger partial charge is 0.353 e. The number of hydrogen-bond acceptors (Lipinski definition) is 4. The molecule has 37 heavy (non-hydrogen) atoms. The fourth-order valence-corrected chi connectivity index (χ4v) is 5.72. The molecule has 190 valence electrons. The first kappa shape index (κ1) is 25.1. The third-order valence-corrected chi connectivity index (χ3v) is 7.85. The van der Waals surface area contributed by atoms with Gasteiger partial charge in [-0.15, -0.1) is 11.8 Å². The first-order valence-electron chi connectivity index (χ1n) is 13.0. The molecule has 1 aromatic heterocycles. The van der Waals surface area contributed by atoms with Gasteiger partial charge in [-0.3, -0.25) is 9.59 Å². The molecule has 0 spiro atoms. The summed E-state index contributed by atoms with van der Waals surface area (Å²) in [5, 5.41) is 6.27. The maximum Gasteiger partial charge on any atom is 0.256 e. The number of aromatic amines is 1. The molecule has 0 aliphatic heterocycles. The number of amides is 2. The third kappa shape index (κ3) is 6.41. The van der Waals surface area contributed by atoms with Crippen LogP contribution in [0.2, 0.25) is 0 Å². The van der Waals surface area contributed by atoms with Crippen LogP contribution in [0.15, 0.2) is 77.7 Å². The van der Waals surface area contributed by atoms with Crippen molar-refractivity contribution in [2.24, 2.45) is 0 Å². The Morgan fingerprint density at radius 2 is 1.57 bits per heavy atom. The highest BCUT2D eigenvalue weighted by molar-refractivity contribution is 8.00. The van der Waals surface area contributed by atoms with Gasteiger partial charge in [0, 0.05) is 16.5 Å². The Balaban J connectivity index is 1.27. The second kappa shape index (κ2) is 12.1. The van der Waals surface area contributed by atoms with Gasteiger partial charge in [-0.05, 0) is 49.2 Å². The minimum Gasteiger partial charge on any atom is -0.353 e. The summed E-state index contributed by atoms with van der Waals surface area (Å²) in [5.74, 6) is 0.801. The van der Waals surface area contributed by atoms with Gasteiger partial charge in [0.15, 0.2) is 0 Å². The number of imidazole rings is 1. The van der Waals surface area contributed by atoms with Gasteiger partial charge in [0.05, 0.1) is 28.0 Å². The minimum atomic E-state index is -0.216. The van der Waals surface area contributed by atoms with E-state index in [9.17, 15) is 9.59 Å². The van der Waals surface area contributed by atoms with Crippen LogP contribution < -0.4 is 10.6 Å². The molecule has 7 heteroatoms. The summed E-state index contributed by atoms with van der Waals surface area (Å²) in [4.78, 5) is 34.9. The molecule has 3 N–H and O–H groups in total. The molecule has 1 aliphatic carbocycles. The lowest BCUT2D eigenvalue weighted by molar-refractivity contribution is -0.119. The normalized spacial score (nSPS) is 14.6. The number of aromatic nitrogens is 2. The number of benzene rings is 3. The summed E-state index contributed by atoms with van der Waals surface area (Å²) in [6, 6.07) is 23.2. The van der Waals surface area contributed by atoms with E-state index in [1.807, 2.05) is 66.7 Å². The van der Waals surface area contributed by atoms with Gasteiger partial charge in [0.1, 0.15) is 5.82 Å². The smallest absolute Gasteiger partial charge is 0.256 e. The van der Waals surface area contributed by atoms with Crippen LogP contribution in [-0.4, -0.2) is 33.6 Å². The van der Waals surface area contributed by atoms with Crippen LogP contribution in [0.25, 0.3) is 22.4 Å². The first-order valence-corrected chi connectivity index (χ1v) is 14.0. The van der Waals surface area contributed by atoms with Gasteiger partial charge in [0.25, 0.3) is 5.91 Å². The van der Waals surface area contributed by atoms with Crippen LogP contribution in [0.3, 0.4) is 0 Å². The predicted octanol–water partition coefficient (Wildman–Crippen LogP) is 6.80. The van der Waals surface area contributed by atoms with E-state index in [2.05, 4.69) is 15.6 Å². The van der Waals surface area contributed by atoms with Crippen molar-refractivity contribution in [1.29, 1.82) is 0 Å². The van der Waals surface area contributed by atoms with E-state index >= 15 is 0 Å². The van der Waals surface area contributed by atoms with Gasteiger partial charge in [-0.1, -0.05) is 68.5 Å². The zero-order chi connectivity index (χ0) is 25.5. The highest BCUT2D eigenvalue weighted by Gasteiger charge is 2.18. The second-order valence-corrected chi connectivity index (χ2v) is 10.5. The molecule has 0 saturated heterocycles. The van der Waals surface area contributed by atoms with Crippen LogP contribution >= 0.6 is 11.8 Å². The maximum absolute atomic E-state index is 13.4. The van der Waals surface area contributed by atoms with Crippen molar-refractivity contribution >= 4 is 40.3 Å². The molecule has 1 heterocycles. The monoisotopic (exact) mass is 512 g/mol. The maximum atomic E-state index is 13.4. The molecule has 6 nitrogen and oxygen atoms in total. The van der Waals surface area contributed by atoms with E-state index in [0.29, 0.717) is 17.1 Å². The molecule has 1 saturated carbocycles. The van der Waals surface area contributed by atoms with Gasteiger partial charge in [0.2, 0.25) is 5.91 Å². The Hall–Kier alpha value is -3.58. The Morgan fingerprint density at radius 3 is 2.41 bits per heavy atom. The molecule has 0 unspecified atom stereocenters. The van der Waals surface area contributed by atoms with Crippen LogP contribution in [0, 0.1) is 0 Å². The lowest BCUT2D eigenvalue weighted by Gasteiger charge is -2.21. The lowest BCUT2D eigenvalue weighted by atomic mass is 9.97. The predicted molar refractivity (Wildman–Crippen MR) is 151 cm³/mol. The first-order chi connectivity index (χ1) is 18.2. The second-order valence-electron chi connectivity index (χ2n) is 9.50. The fourth-order valence-electron chi connectivity index (χ4n) is 4.86. The van der Waals surface area contributed by atoms with Crippen molar-refractivity contribution in [2.75, 3.05) is 11.1 Å². The number of anilines is 1. The Bertz CT molecular complexity index is 1340. The van der Waals surface area contributed by atoms with Crippen molar-refractivity contribution in [3.63, 3.8) is 0 Å². The van der Waals surface area contributed by atoms with Crippen molar-refractivity contribution < 1.29 is 9.59 Å². The molecule has 0 atom stereocenters. The number of rotatable bonds is 7. The van der Waals surface area contributed by atoms with Crippen LogP contribution in [-0.2, 0) is 4.79 Å². The van der Waals surface area contributed by atoms with Gasteiger partial charge in [-0.2, -0.15) is 0 Å². The summed E-state index contributed by atoms with van der Waals surface area (Å²) in [6.45, 7) is 0. The van der Waals surface area contributed by atoms with Crippen molar-refractivity contribution in [2.45, 2.75) is 55.9 Å². The number of nitrogens with zero attached hydrogens (tertiary/aromatic N) is 1. The number of carbonyl (C=O) groups is 2. The molecular formula is C30H32N4O2S. The number of H-pyrrole nitrogens is 1. The molecule has 1 aliphatic rings. The van der Waals surface area contributed by atoms with Crippen LogP contribution in [0.1, 0.15) is 55.3 Å². The highest BCUT2D eigenvalue weighted by atomic mass is 32.2. The molecule has 3 aromatic carbocycles. The standard InChI is InChI=1S/C30H32N4O2S/c35-28(31-21-12-4-2-1-3-5-13-21)20-37-27-19-11-7-15-23(27)30(36)34-24-16-8-6-14-22(24)29-32-25-17-9-10-18-26(25)33-29/h6-11,14-19,21H,1-5,12-13,20H2,(H,31,35)(H,32,33)(H,34,36). The van der Waals surface area contributed by atoms with E-state index < -0.39 is 0 Å². The van der Waals surface area contributed by atoms with Crippen LogP contribution in [0.5, 0.6) is 0 Å². The average molecular weight is 513 g/mol. The third-order valence-electron chi connectivity index (χ3n) is 6.78. The van der Waals surface area contributed by atoms with Crippen molar-refractivity contribution in [3.05, 3.63) is 78.4 Å². The van der Waals surface area contributed by atoms with Crippen molar-refractivity contribution in [1.82, 2.24) is 15.3 Å². The number of carbonyl (C=O) groups excluding carboxylic acids is 2. The number of nitrogens with one attached hydrogen (secondary N) is 3. The average Bonchev–Trinajstić information content (AvgIpc) is 3.33. The van der Waals surface area contributed by atoms with E-state index in [4.69, 9.17) is 4.98 Å². The van der Waals surface area contributed by atoms with Gasteiger partial charge >= 0.3 is 0 Å². The topological polar surface area (TPSA) is 86.9 Å². The fraction of sp³-hybridized carbons (Fsp3) is 0.300. The van der Waals surface area contributed by atoms with Gasteiger partial charge in [-0.25, -0.2) is 4.98 Å². The van der Waals surface area contributed by atoms with E-state index in [1.54, 1.807) is 6.07 Å². The molecule has 4 aromatic rings. The van der Waals surface area contributed by atoms with Gasteiger partial charge < -0.3 is 15.6 Å². The Labute approximate surface area is 221 Å². The Morgan fingerprint density at radius 1 is 0.865 bits per heavy atom. The summed E-state index contributed by atoms with van der Waals surface area (Å²) in [6.07, 6.45) is 8.28. The zero-order valence-electron chi connectivity index (χ0n) is 20.8. The SMILES string of the molecule is O=C(CSc1ccccc1C(=O)Nc1ccccc1-c1nc2ccccc2[nH]1)NC1CCCCCCC1. The molecule has 0 bridgehead atoms. The minimum absolute atomic E-state index is 0.0287. The summed E-state index contributed by atoms with van der Waals surface area (Å²) >= 11 is 1.40. The van der Waals surface area contributed by atoms with E-state index in [-0.39, 0.29) is 23.6 Å². The van der Waals surface area contributed by atoms with Crippen molar-refractivity contribution in [3.8, 4) is 11.4 Å². The molecule has 0 radical (unpaired) electrons. The van der Waals surface area contributed by atoms with E-state index in [1.165, 1.54) is 43.9 Å². The zero-order valence-corrected chi connectivity index (χ0v) is 21.7. The number of thioether (sulfide) groups is 1. The number of fused-ring (bicyclic) bond motifs is 1. The Kier molecular flexibility index (Phi) is 8.21. The number of para-hydroxylation sites is 3. The summed E-state index contributed by atoms with van der Waals surface area (Å²) in [7, 11) is 0. The molecule has 1 fully saturated rings. The quantitative estimate of drug-likeness (QED) is 0.238. The van der Waals surface area contributed by atoms with E-state index in [0.717, 1.165) is 34.3 Å². The number of hydrogen-bond donors (Lipinski definition) is 3. The molecular weight excluding hydrogens is 480 g/mol. The summed E-state index contributed by atoms with van der Waals surface area (Å²) in [5.41, 5.74) is 3.85. The molecule has 5 rings (SSSR count). The lowest BCUT2D eigenvalue weighted by Crippen LogP contribution is -2.36.